The quantitative estimate of drug-likeness (QED) is 0.181. The molecule has 0 atom stereocenters. The zero-order chi connectivity index (χ0) is 26.6. The van der Waals surface area contributed by atoms with Crippen molar-refractivity contribution in [2.24, 2.45) is 0 Å². The van der Waals surface area contributed by atoms with Gasteiger partial charge in [-0.3, -0.25) is 4.79 Å². The molecule has 0 radical (unpaired) electrons. The van der Waals surface area contributed by atoms with Gasteiger partial charge < -0.3 is 10.1 Å². The first-order valence-corrected chi connectivity index (χ1v) is 13.4. The fourth-order valence-electron chi connectivity index (χ4n) is 3.76. The van der Waals surface area contributed by atoms with Crippen LogP contribution >= 0.6 is 47.2 Å². The molecular weight excluding hydrogens is 561 g/mol. The van der Waals surface area contributed by atoms with Crippen molar-refractivity contribution in [2.75, 3.05) is 5.32 Å². The van der Waals surface area contributed by atoms with Gasteiger partial charge in [0.15, 0.2) is 4.32 Å². The van der Waals surface area contributed by atoms with Crippen LogP contribution in [0.2, 0.25) is 10.0 Å². The number of nitrogens with one attached hydrogen (secondary N) is 2. The molecule has 0 unspecified atom stereocenters. The van der Waals surface area contributed by atoms with Crippen LogP contribution in [-0.2, 0) is 11.4 Å². The smallest absolute Gasteiger partial charge is 0.338 e. The lowest BCUT2D eigenvalue weighted by Gasteiger charge is -2.16. The highest BCUT2D eigenvalue weighted by atomic mass is 35.5. The molecule has 1 aliphatic rings. The second kappa shape index (κ2) is 11.4. The molecule has 2 N–H and O–H groups in total. The van der Waals surface area contributed by atoms with Crippen LogP contribution in [0.25, 0.3) is 16.8 Å². The van der Waals surface area contributed by atoms with Crippen molar-refractivity contribution >= 4 is 86.0 Å². The van der Waals surface area contributed by atoms with Crippen LogP contribution < -0.4 is 15.5 Å². The molecule has 10 heteroatoms. The van der Waals surface area contributed by atoms with Gasteiger partial charge in [0, 0.05) is 11.3 Å². The lowest BCUT2D eigenvalue weighted by molar-refractivity contribution is -0.123. The molecular formula is C28H19Cl2N3O3S2. The number of hydrazine groups is 1. The van der Waals surface area contributed by atoms with E-state index in [9.17, 15) is 9.59 Å². The highest BCUT2D eigenvalue weighted by Gasteiger charge is 2.34. The number of para-hydroxylation sites is 1. The number of urea groups is 1. The minimum absolute atomic E-state index is 0.195. The number of amides is 3. The van der Waals surface area contributed by atoms with Gasteiger partial charge in [0.1, 0.15) is 12.4 Å². The van der Waals surface area contributed by atoms with E-state index in [4.69, 9.17) is 40.2 Å². The number of hydrogen-bond acceptors (Lipinski definition) is 5. The molecule has 0 bridgehead atoms. The summed E-state index contributed by atoms with van der Waals surface area (Å²) in [5.41, 5.74) is 4.63. The van der Waals surface area contributed by atoms with E-state index in [0.29, 0.717) is 38.6 Å². The van der Waals surface area contributed by atoms with Crippen LogP contribution in [-0.4, -0.2) is 21.3 Å². The Morgan fingerprint density at radius 3 is 2.53 bits per heavy atom. The molecule has 0 aliphatic carbocycles. The Labute approximate surface area is 238 Å². The molecule has 38 heavy (non-hydrogen) atoms. The van der Waals surface area contributed by atoms with Crippen LogP contribution in [0.1, 0.15) is 11.1 Å². The van der Waals surface area contributed by atoms with Gasteiger partial charge in [0.25, 0.3) is 5.91 Å². The summed E-state index contributed by atoms with van der Waals surface area (Å²) in [7, 11) is 0. The number of anilines is 1. The first-order valence-electron chi connectivity index (χ1n) is 11.4. The van der Waals surface area contributed by atoms with E-state index in [-0.39, 0.29) is 4.32 Å². The Morgan fingerprint density at radius 1 is 0.947 bits per heavy atom. The van der Waals surface area contributed by atoms with E-state index in [1.165, 1.54) is 6.07 Å². The SMILES string of the molecule is O=C(Nc1ccc(Cl)c(Cl)c1)NN1C(=O)/C(=C/c2ccccc2OCc2ccc3ccccc3c2)SC1=S. The number of carbonyl (C=O) groups is 2. The third kappa shape index (κ3) is 5.95. The number of nitrogens with zero attached hydrogens (tertiary/aromatic N) is 1. The maximum atomic E-state index is 13.0. The van der Waals surface area contributed by atoms with Crippen LogP contribution in [0.15, 0.2) is 89.8 Å². The number of ether oxygens (including phenoxy) is 1. The maximum Gasteiger partial charge on any atom is 0.338 e. The molecule has 4 aromatic carbocycles. The molecule has 0 aromatic heterocycles. The fourth-order valence-corrected chi connectivity index (χ4v) is 5.23. The predicted molar refractivity (Wildman–Crippen MR) is 158 cm³/mol. The highest BCUT2D eigenvalue weighted by molar-refractivity contribution is 8.26. The van der Waals surface area contributed by atoms with Crippen molar-refractivity contribution in [1.82, 2.24) is 10.4 Å². The molecule has 0 saturated carbocycles. The summed E-state index contributed by atoms with van der Waals surface area (Å²) in [5, 5.41) is 6.58. The summed E-state index contributed by atoms with van der Waals surface area (Å²) < 4.78 is 6.30. The lowest BCUT2D eigenvalue weighted by atomic mass is 10.1. The minimum Gasteiger partial charge on any atom is -0.488 e. The number of fused-ring (bicyclic) bond motifs is 1. The van der Waals surface area contributed by atoms with E-state index in [0.717, 1.165) is 33.1 Å². The van der Waals surface area contributed by atoms with Gasteiger partial charge >= 0.3 is 6.03 Å². The molecule has 5 rings (SSSR count). The summed E-state index contributed by atoms with van der Waals surface area (Å²) in [4.78, 5) is 25.9. The van der Waals surface area contributed by atoms with Crippen molar-refractivity contribution in [2.45, 2.75) is 6.61 Å². The third-order valence-corrected chi connectivity index (χ3v) is 7.64. The van der Waals surface area contributed by atoms with Gasteiger partial charge in [-0.2, -0.15) is 5.01 Å². The second-order valence-electron chi connectivity index (χ2n) is 8.22. The minimum atomic E-state index is -0.653. The highest BCUT2D eigenvalue weighted by Crippen LogP contribution is 2.34. The van der Waals surface area contributed by atoms with Crippen molar-refractivity contribution in [3.8, 4) is 5.75 Å². The molecule has 1 saturated heterocycles. The summed E-state index contributed by atoms with van der Waals surface area (Å²) in [6.45, 7) is 0.368. The molecule has 1 heterocycles. The number of halogens is 2. The molecule has 190 valence electrons. The molecule has 0 spiro atoms. The molecule has 4 aromatic rings. The van der Waals surface area contributed by atoms with Crippen LogP contribution in [0.5, 0.6) is 5.75 Å². The lowest BCUT2D eigenvalue weighted by Crippen LogP contribution is -2.46. The number of benzene rings is 4. The van der Waals surface area contributed by atoms with E-state index in [1.54, 1.807) is 18.2 Å². The van der Waals surface area contributed by atoms with Gasteiger partial charge in [-0.1, -0.05) is 89.6 Å². The van der Waals surface area contributed by atoms with E-state index >= 15 is 0 Å². The van der Waals surface area contributed by atoms with Crippen molar-refractivity contribution < 1.29 is 14.3 Å². The van der Waals surface area contributed by atoms with Gasteiger partial charge in [-0.15, -0.1) is 0 Å². The Morgan fingerprint density at radius 2 is 1.71 bits per heavy atom. The summed E-state index contributed by atoms with van der Waals surface area (Å²) in [6.07, 6.45) is 1.70. The van der Waals surface area contributed by atoms with Gasteiger partial charge in [-0.25, -0.2) is 10.2 Å². The number of hydrogen-bond donors (Lipinski definition) is 2. The zero-order valence-corrected chi connectivity index (χ0v) is 22.8. The van der Waals surface area contributed by atoms with Gasteiger partial charge in [0.2, 0.25) is 0 Å². The first-order chi connectivity index (χ1) is 18.4. The Balaban J connectivity index is 1.27. The standard InChI is InChI=1S/C28H19Cl2N3O3S2/c29-22-12-11-21(15-23(22)30)31-27(35)32-33-26(34)25(38-28(33)37)14-20-7-3-4-8-24(20)36-16-17-9-10-18-5-1-2-6-19(18)13-17/h1-15H,16H2,(H2,31,32,35)/b25-14-. The summed E-state index contributed by atoms with van der Waals surface area (Å²) in [6, 6.07) is 25.8. The summed E-state index contributed by atoms with van der Waals surface area (Å²) >= 11 is 18.3. The molecule has 6 nitrogen and oxygen atoms in total. The number of rotatable bonds is 6. The second-order valence-corrected chi connectivity index (χ2v) is 10.7. The largest absolute Gasteiger partial charge is 0.488 e. The molecule has 3 amide bonds. The van der Waals surface area contributed by atoms with Crippen molar-refractivity contribution in [1.29, 1.82) is 0 Å². The Hall–Kier alpha value is -3.56. The average molecular weight is 581 g/mol. The topological polar surface area (TPSA) is 70.7 Å². The average Bonchev–Trinajstić information content (AvgIpc) is 3.17. The van der Waals surface area contributed by atoms with Gasteiger partial charge in [-0.05, 0) is 65.0 Å². The monoisotopic (exact) mass is 579 g/mol. The molecule has 1 aliphatic heterocycles. The van der Waals surface area contributed by atoms with Crippen LogP contribution in [0.3, 0.4) is 0 Å². The van der Waals surface area contributed by atoms with E-state index in [1.807, 2.05) is 42.5 Å². The van der Waals surface area contributed by atoms with E-state index in [2.05, 4.69) is 35.0 Å². The third-order valence-electron chi connectivity index (χ3n) is 5.60. The van der Waals surface area contributed by atoms with Crippen LogP contribution in [0.4, 0.5) is 10.5 Å². The Bertz CT molecular complexity index is 1610. The number of thioether (sulfide) groups is 1. The number of carbonyl (C=O) groups excluding carboxylic acids is 2. The van der Waals surface area contributed by atoms with Crippen molar-refractivity contribution in [3.63, 3.8) is 0 Å². The predicted octanol–water partition coefficient (Wildman–Crippen LogP) is 7.66. The fraction of sp³-hybridized carbons (Fsp3) is 0.0357. The maximum absolute atomic E-state index is 13.0. The normalized spacial score (nSPS) is 14.3. The Kier molecular flexibility index (Phi) is 7.85. The first kappa shape index (κ1) is 26.1. The van der Waals surface area contributed by atoms with Crippen LogP contribution in [0, 0.1) is 0 Å². The molecule has 1 fully saturated rings. The number of thiocarbonyl (C=S) groups is 1. The van der Waals surface area contributed by atoms with Gasteiger partial charge in [0.05, 0.1) is 15.0 Å². The summed E-state index contributed by atoms with van der Waals surface area (Å²) in [5.74, 6) is 0.171. The van der Waals surface area contributed by atoms with E-state index < -0.39 is 11.9 Å². The van der Waals surface area contributed by atoms with Crippen molar-refractivity contribution in [3.05, 3.63) is 111 Å². The zero-order valence-electron chi connectivity index (χ0n) is 19.6.